The van der Waals surface area contributed by atoms with Crippen molar-refractivity contribution in [3.05, 3.63) is 57.7 Å². The van der Waals surface area contributed by atoms with Crippen molar-refractivity contribution in [1.82, 2.24) is 0 Å². The molecule has 180 valence electrons. The minimum absolute atomic E-state index is 0.135. The third-order valence-corrected chi connectivity index (χ3v) is 13.4. The Morgan fingerprint density at radius 1 is 1.00 bits per heavy atom. The van der Waals surface area contributed by atoms with E-state index in [-0.39, 0.29) is 16.6 Å². The third-order valence-electron chi connectivity index (χ3n) is 8.95. The smallest absolute Gasteiger partial charge is 0.192 e. The molecule has 5 rings (SSSR count). The Morgan fingerprint density at radius 3 is 2.41 bits per heavy atom. The summed E-state index contributed by atoms with van der Waals surface area (Å²) in [6, 6.07) is 4.37. The molecule has 4 heteroatoms. The Labute approximate surface area is 205 Å². The second kappa shape index (κ2) is 8.56. The molecule has 0 unspecified atom stereocenters. The number of fused-ring (bicyclic) bond motifs is 4. The van der Waals surface area contributed by atoms with E-state index in [1.807, 2.05) is 0 Å². The topological polar surface area (TPSA) is 43.4 Å². The fourth-order valence-electron chi connectivity index (χ4n) is 6.00. The molecule has 34 heavy (non-hydrogen) atoms. The quantitative estimate of drug-likeness (QED) is 0.425. The van der Waals surface area contributed by atoms with Gasteiger partial charge in [0.2, 0.25) is 0 Å². The first-order chi connectivity index (χ1) is 16.1. The zero-order valence-electron chi connectivity index (χ0n) is 21.5. The van der Waals surface area contributed by atoms with Crippen LogP contribution in [0.5, 0.6) is 0 Å². The predicted molar refractivity (Wildman–Crippen MR) is 141 cm³/mol. The van der Waals surface area contributed by atoms with Crippen LogP contribution in [0.3, 0.4) is 0 Å². The first-order valence-corrected chi connectivity index (χ1v) is 16.0. The van der Waals surface area contributed by atoms with Crippen molar-refractivity contribution in [3.63, 3.8) is 0 Å². The number of rotatable bonds is 4. The van der Waals surface area contributed by atoms with Crippen molar-refractivity contribution >= 4 is 31.0 Å². The summed E-state index contributed by atoms with van der Waals surface area (Å²) in [5.41, 5.74) is 8.54. The van der Waals surface area contributed by atoms with E-state index in [9.17, 15) is 9.59 Å². The fraction of sp³-hybridized carbons (Fsp3) is 0.533. The maximum atomic E-state index is 13.7. The lowest BCUT2D eigenvalue weighted by molar-refractivity contribution is -0.115. The molecule has 0 N–H and O–H groups in total. The molecule has 0 atom stereocenters. The molecular formula is C30H38O3Si. The lowest BCUT2D eigenvalue weighted by Gasteiger charge is -2.38. The number of carbonyl (C=O) groups is 2. The van der Waals surface area contributed by atoms with Gasteiger partial charge in [-0.05, 0) is 83.1 Å². The zero-order chi connectivity index (χ0) is 24.3. The maximum Gasteiger partial charge on any atom is 0.192 e. The van der Waals surface area contributed by atoms with E-state index in [1.165, 1.54) is 36.8 Å². The van der Waals surface area contributed by atoms with Crippen molar-refractivity contribution in [2.75, 3.05) is 6.61 Å². The van der Waals surface area contributed by atoms with E-state index in [2.05, 4.69) is 58.2 Å². The molecule has 4 aliphatic rings. The molecule has 0 aliphatic heterocycles. The van der Waals surface area contributed by atoms with Crippen LogP contribution >= 0.6 is 0 Å². The average Bonchev–Trinajstić information content (AvgIpc) is 3.31. The van der Waals surface area contributed by atoms with E-state index in [1.54, 1.807) is 0 Å². The summed E-state index contributed by atoms with van der Waals surface area (Å²) in [6.45, 7) is 11.9. The molecule has 1 aromatic carbocycles. The van der Waals surface area contributed by atoms with E-state index < -0.39 is 8.32 Å². The summed E-state index contributed by atoms with van der Waals surface area (Å²) in [5, 5.41) is 0.135. The minimum atomic E-state index is -1.93. The molecule has 0 spiro atoms. The second-order valence-electron chi connectivity index (χ2n) is 12.1. The second-order valence-corrected chi connectivity index (χ2v) is 16.9. The van der Waals surface area contributed by atoms with Gasteiger partial charge >= 0.3 is 0 Å². The molecular weight excluding hydrogens is 436 g/mol. The van der Waals surface area contributed by atoms with Gasteiger partial charge in [-0.15, -0.1) is 0 Å². The van der Waals surface area contributed by atoms with Gasteiger partial charge < -0.3 is 4.43 Å². The highest BCUT2D eigenvalue weighted by atomic mass is 28.4. The van der Waals surface area contributed by atoms with E-state index in [0.29, 0.717) is 25.4 Å². The average molecular weight is 475 g/mol. The van der Waals surface area contributed by atoms with Crippen LogP contribution in [0, 0.1) is 5.92 Å². The summed E-state index contributed by atoms with van der Waals surface area (Å²) >= 11 is 0. The van der Waals surface area contributed by atoms with Crippen LogP contribution in [0.1, 0.15) is 92.8 Å². The molecule has 0 saturated heterocycles. The number of hydrogen-bond donors (Lipinski definition) is 0. The Balaban J connectivity index is 1.62. The van der Waals surface area contributed by atoms with Gasteiger partial charge in [-0.2, -0.15) is 0 Å². The van der Waals surface area contributed by atoms with Crippen molar-refractivity contribution < 1.29 is 14.0 Å². The molecule has 4 aliphatic carbocycles. The van der Waals surface area contributed by atoms with Gasteiger partial charge in [0.05, 0.1) is 6.61 Å². The van der Waals surface area contributed by atoms with Crippen LogP contribution in [0.2, 0.25) is 18.1 Å². The number of carbonyl (C=O) groups excluding carboxylic acids is 2. The standard InChI is InChI=1S/C30H38O3Si/c1-30(2,3)34(4,5)33-18-20-16-27(32)29-24(28(20)19-10-6-7-11-19)15-14-22-21-12-8-9-13-23(21)26(31)17-25(22)29/h8,12,14-15,19H,6-7,9-11,13,16-18H2,1-5H3. The van der Waals surface area contributed by atoms with Crippen molar-refractivity contribution in [1.29, 1.82) is 0 Å². The number of hydrogen-bond acceptors (Lipinski definition) is 3. The third kappa shape index (κ3) is 3.93. The summed E-state index contributed by atoms with van der Waals surface area (Å²) in [6.07, 6.45) is 11.7. The van der Waals surface area contributed by atoms with Crippen LogP contribution in [-0.2, 0) is 15.6 Å². The molecule has 0 amide bonds. The molecule has 0 bridgehead atoms. The van der Waals surface area contributed by atoms with Crippen LogP contribution in [0.4, 0.5) is 0 Å². The molecule has 1 fully saturated rings. The zero-order valence-corrected chi connectivity index (χ0v) is 22.5. The SMILES string of the molecule is CC(C)(C)[Si](C)(C)OCC1=C(C2CCCC2)c2ccc3c(c2C(=O)C1)CC(=O)C1=C3C=CCC1. The summed E-state index contributed by atoms with van der Waals surface area (Å²) < 4.78 is 6.65. The normalized spacial score (nSPS) is 21.2. The highest BCUT2D eigenvalue weighted by Crippen LogP contribution is 2.47. The molecule has 1 aromatic rings. The van der Waals surface area contributed by atoms with E-state index >= 15 is 0 Å². The number of ketones is 2. The molecule has 3 nitrogen and oxygen atoms in total. The molecule has 0 heterocycles. The van der Waals surface area contributed by atoms with Crippen LogP contribution in [-0.4, -0.2) is 26.5 Å². The van der Waals surface area contributed by atoms with Crippen LogP contribution < -0.4 is 0 Å². The van der Waals surface area contributed by atoms with Gasteiger partial charge in [-0.3, -0.25) is 9.59 Å². The minimum Gasteiger partial charge on any atom is -0.413 e. The van der Waals surface area contributed by atoms with Gasteiger partial charge in [0.1, 0.15) is 0 Å². The van der Waals surface area contributed by atoms with Gasteiger partial charge in [-0.25, -0.2) is 0 Å². The Hall–Kier alpha value is -2.04. The Kier molecular flexibility index (Phi) is 5.97. The first-order valence-electron chi connectivity index (χ1n) is 13.1. The highest BCUT2D eigenvalue weighted by molar-refractivity contribution is 6.74. The first kappa shape index (κ1) is 23.7. The number of benzene rings is 1. The van der Waals surface area contributed by atoms with Crippen LogP contribution in [0.15, 0.2) is 35.4 Å². The Bertz CT molecular complexity index is 1150. The molecule has 0 aromatic heterocycles. The van der Waals surface area contributed by atoms with Gasteiger partial charge in [-0.1, -0.05) is 57.9 Å². The Morgan fingerprint density at radius 2 is 1.71 bits per heavy atom. The monoisotopic (exact) mass is 474 g/mol. The maximum absolute atomic E-state index is 13.7. The largest absolute Gasteiger partial charge is 0.413 e. The number of Topliss-reactive ketones (excluding diaryl/α,β-unsaturated/α-hetero) is 2. The van der Waals surface area contributed by atoms with Gasteiger partial charge in [0, 0.05) is 24.0 Å². The molecule has 1 saturated carbocycles. The lowest BCUT2D eigenvalue weighted by atomic mass is 9.72. The molecule has 0 radical (unpaired) electrons. The number of allylic oxidation sites excluding steroid dienone is 5. The van der Waals surface area contributed by atoms with Crippen molar-refractivity contribution in [2.45, 2.75) is 90.3 Å². The van der Waals surface area contributed by atoms with Crippen molar-refractivity contribution in [2.24, 2.45) is 5.92 Å². The highest BCUT2D eigenvalue weighted by Gasteiger charge is 2.40. The fourth-order valence-corrected chi connectivity index (χ4v) is 6.97. The van der Waals surface area contributed by atoms with E-state index in [0.717, 1.165) is 46.2 Å². The van der Waals surface area contributed by atoms with Crippen LogP contribution in [0.25, 0.3) is 11.1 Å². The van der Waals surface area contributed by atoms with E-state index in [4.69, 9.17) is 4.43 Å². The van der Waals surface area contributed by atoms with Gasteiger partial charge in [0.15, 0.2) is 19.9 Å². The summed E-state index contributed by atoms with van der Waals surface area (Å²) in [5.74, 6) is 0.858. The van der Waals surface area contributed by atoms with Gasteiger partial charge in [0.25, 0.3) is 0 Å². The summed E-state index contributed by atoms with van der Waals surface area (Å²) in [7, 11) is -1.93. The van der Waals surface area contributed by atoms with Crippen molar-refractivity contribution in [3.8, 4) is 0 Å². The lowest BCUT2D eigenvalue weighted by Crippen LogP contribution is -2.41. The summed E-state index contributed by atoms with van der Waals surface area (Å²) in [4.78, 5) is 26.8. The predicted octanol–water partition coefficient (Wildman–Crippen LogP) is 7.47.